The smallest absolute Gasteiger partial charge is 0.169 e. The van der Waals surface area contributed by atoms with Crippen molar-refractivity contribution in [1.82, 2.24) is 9.97 Å². The van der Waals surface area contributed by atoms with E-state index in [9.17, 15) is 4.79 Å². The number of aryl methyl sites for hydroxylation is 1. The van der Waals surface area contributed by atoms with Crippen LogP contribution in [0.1, 0.15) is 16.1 Å². The summed E-state index contributed by atoms with van der Waals surface area (Å²) in [5.74, 6) is 0. The average molecular weight is 172 g/mol. The summed E-state index contributed by atoms with van der Waals surface area (Å²) in [6, 6.07) is 5.71. The summed E-state index contributed by atoms with van der Waals surface area (Å²) >= 11 is 0. The summed E-state index contributed by atoms with van der Waals surface area (Å²) in [6.45, 7) is 1.96. The standard InChI is InChI=1S/C10H8N2O/c1-7-3-2-4-8-9(5-13)11-6-12-10(7)8/h2-6H,1H3. The van der Waals surface area contributed by atoms with Crippen LogP contribution in [-0.4, -0.2) is 16.3 Å². The number of nitrogens with zero attached hydrogens (tertiary/aromatic N) is 2. The number of carbonyl (C=O) groups excluding carboxylic acids is 1. The van der Waals surface area contributed by atoms with Gasteiger partial charge in [0.2, 0.25) is 0 Å². The van der Waals surface area contributed by atoms with Gasteiger partial charge in [-0.1, -0.05) is 18.2 Å². The normalized spacial score (nSPS) is 10.2. The molecule has 0 N–H and O–H groups in total. The van der Waals surface area contributed by atoms with Crippen LogP contribution in [0.3, 0.4) is 0 Å². The lowest BCUT2D eigenvalue weighted by Gasteiger charge is -2.00. The molecule has 0 bridgehead atoms. The fourth-order valence-electron chi connectivity index (χ4n) is 1.35. The molecule has 0 aliphatic heterocycles. The predicted molar refractivity (Wildman–Crippen MR) is 49.7 cm³/mol. The number of aromatic nitrogens is 2. The highest BCUT2D eigenvalue weighted by Gasteiger charge is 2.02. The molecule has 1 heterocycles. The highest BCUT2D eigenvalue weighted by Crippen LogP contribution is 2.16. The summed E-state index contributed by atoms with van der Waals surface area (Å²) < 4.78 is 0. The van der Waals surface area contributed by atoms with E-state index in [1.807, 2.05) is 25.1 Å². The first-order valence-electron chi connectivity index (χ1n) is 3.98. The van der Waals surface area contributed by atoms with Crippen LogP contribution < -0.4 is 0 Å². The summed E-state index contributed by atoms with van der Waals surface area (Å²) in [4.78, 5) is 18.6. The second kappa shape index (κ2) is 2.94. The maximum absolute atomic E-state index is 10.6. The molecule has 0 radical (unpaired) electrons. The monoisotopic (exact) mass is 172 g/mol. The molecular weight excluding hydrogens is 164 g/mol. The number of fused-ring (bicyclic) bond motifs is 1. The second-order valence-electron chi connectivity index (χ2n) is 2.85. The van der Waals surface area contributed by atoms with Crippen molar-refractivity contribution in [3.63, 3.8) is 0 Å². The molecule has 0 amide bonds. The zero-order chi connectivity index (χ0) is 9.26. The molecule has 0 unspecified atom stereocenters. The number of carbonyl (C=O) groups is 1. The SMILES string of the molecule is Cc1cccc2c(C=O)ncnc12. The molecule has 3 nitrogen and oxygen atoms in total. The Morgan fingerprint density at radius 1 is 1.31 bits per heavy atom. The van der Waals surface area contributed by atoms with Crippen molar-refractivity contribution in [2.45, 2.75) is 6.92 Å². The zero-order valence-corrected chi connectivity index (χ0v) is 7.19. The van der Waals surface area contributed by atoms with E-state index in [-0.39, 0.29) is 0 Å². The van der Waals surface area contributed by atoms with Gasteiger partial charge in [-0.3, -0.25) is 4.79 Å². The predicted octanol–water partition coefficient (Wildman–Crippen LogP) is 1.75. The quantitative estimate of drug-likeness (QED) is 0.615. The molecule has 0 aliphatic rings. The van der Waals surface area contributed by atoms with E-state index < -0.39 is 0 Å². The maximum Gasteiger partial charge on any atom is 0.169 e. The molecule has 64 valence electrons. The summed E-state index contributed by atoms with van der Waals surface area (Å²) in [5.41, 5.74) is 2.36. The lowest BCUT2D eigenvalue weighted by molar-refractivity contribution is 0.112. The Labute approximate surface area is 75.4 Å². The van der Waals surface area contributed by atoms with Gasteiger partial charge in [0.25, 0.3) is 0 Å². The van der Waals surface area contributed by atoms with Gasteiger partial charge in [0.1, 0.15) is 12.0 Å². The first kappa shape index (κ1) is 7.86. The van der Waals surface area contributed by atoms with Crippen molar-refractivity contribution in [3.05, 3.63) is 35.8 Å². The van der Waals surface area contributed by atoms with E-state index in [2.05, 4.69) is 9.97 Å². The van der Waals surface area contributed by atoms with Crippen LogP contribution >= 0.6 is 0 Å². The van der Waals surface area contributed by atoms with Crippen molar-refractivity contribution in [2.75, 3.05) is 0 Å². The lowest BCUT2D eigenvalue weighted by atomic mass is 10.1. The highest BCUT2D eigenvalue weighted by molar-refractivity contribution is 5.95. The third-order valence-corrected chi connectivity index (χ3v) is 2.01. The Hall–Kier alpha value is -1.77. The minimum Gasteiger partial charge on any atom is -0.296 e. The molecule has 3 heteroatoms. The van der Waals surface area contributed by atoms with Crippen LogP contribution in [0.2, 0.25) is 0 Å². The largest absolute Gasteiger partial charge is 0.296 e. The molecule has 0 atom stereocenters. The summed E-state index contributed by atoms with van der Waals surface area (Å²) in [7, 11) is 0. The van der Waals surface area contributed by atoms with Crippen molar-refractivity contribution in [1.29, 1.82) is 0 Å². The number of aldehydes is 1. The molecule has 0 spiro atoms. The van der Waals surface area contributed by atoms with E-state index in [1.54, 1.807) is 0 Å². The minimum absolute atomic E-state index is 0.453. The van der Waals surface area contributed by atoms with Crippen LogP contribution in [-0.2, 0) is 0 Å². The third kappa shape index (κ3) is 1.18. The van der Waals surface area contributed by atoms with E-state index in [0.717, 1.165) is 22.8 Å². The first-order chi connectivity index (χ1) is 6.33. The summed E-state index contributed by atoms with van der Waals surface area (Å²) in [6.07, 6.45) is 2.17. The molecule has 0 saturated heterocycles. The lowest BCUT2D eigenvalue weighted by Crippen LogP contribution is -1.92. The zero-order valence-electron chi connectivity index (χ0n) is 7.19. The van der Waals surface area contributed by atoms with Crippen molar-refractivity contribution >= 4 is 17.2 Å². The van der Waals surface area contributed by atoms with Crippen LogP contribution in [0.4, 0.5) is 0 Å². The molecule has 1 aromatic heterocycles. The van der Waals surface area contributed by atoms with Gasteiger partial charge in [0, 0.05) is 5.39 Å². The number of rotatable bonds is 1. The van der Waals surface area contributed by atoms with Gasteiger partial charge >= 0.3 is 0 Å². The van der Waals surface area contributed by atoms with E-state index in [1.165, 1.54) is 6.33 Å². The van der Waals surface area contributed by atoms with Crippen LogP contribution in [0.5, 0.6) is 0 Å². The van der Waals surface area contributed by atoms with E-state index in [0.29, 0.717) is 5.69 Å². The van der Waals surface area contributed by atoms with Crippen LogP contribution in [0.25, 0.3) is 10.9 Å². The number of hydrogen-bond acceptors (Lipinski definition) is 3. The van der Waals surface area contributed by atoms with Gasteiger partial charge in [0.15, 0.2) is 6.29 Å². The van der Waals surface area contributed by atoms with Crippen molar-refractivity contribution in [3.8, 4) is 0 Å². The van der Waals surface area contributed by atoms with Gasteiger partial charge < -0.3 is 0 Å². The van der Waals surface area contributed by atoms with Gasteiger partial charge in [0.05, 0.1) is 5.52 Å². The van der Waals surface area contributed by atoms with Gasteiger partial charge in [-0.2, -0.15) is 0 Å². The maximum atomic E-state index is 10.6. The van der Waals surface area contributed by atoms with Gasteiger partial charge in [-0.15, -0.1) is 0 Å². The highest BCUT2D eigenvalue weighted by atomic mass is 16.1. The Kier molecular flexibility index (Phi) is 1.77. The Bertz CT molecular complexity index is 465. The fourth-order valence-corrected chi connectivity index (χ4v) is 1.35. The van der Waals surface area contributed by atoms with Crippen molar-refractivity contribution in [2.24, 2.45) is 0 Å². The number of benzene rings is 1. The molecular formula is C10H8N2O. The van der Waals surface area contributed by atoms with Crippen LogP contribution in [0, 0.1) is 6.92 Å². The Morgan fingerprint density at radius 3 is 2.92 bits per heavy atom. The van der Waals surface area contributed by atoms with E-state index in [4.69, 9.17) is 0 Å². The molecule has 0 aliphatic carbocycles. The topological polar surface area (TPSA) is 42.9 Å². The average Bonchev–Trinajstić information content (AvgIpc) is 2.18. The number of hydrogen-bond donors (Lipinski definition) is 0. The molecule has 1 aromatic carbocycles. The molecule has 13 heavy (non-hydrogen) atoms. The fraction of sp³-hybridized carbons (Fsp3) is 0.100. The summed E-state index contributed by atoms with van der Waals surface area (Å²) in [5, 5.41) is 0.817. The van der Waals surface area contributed by atoms with Crippen LogP contribution in [0.15, 0.2) is 24.5 Å². The third-order valence-electron chi connectivity index (χ3n) is 2.01. The molecule has 2 rings (SSSR count). The van der Waals surface area contributed by atoms with Crippen molar-refractivity contribution < 1.29 is 4.79 Å². The van der Waals surface area contributed by atoms with E-state index >= 15 is 0 Å². The number of para-hydroxylation sites is 1. The first-order valence-corrected chi connectivity index (χ1v) is 3.98. The minimum atomic E-state index is 0.453. The molecule has 0 saturated carbocycles. The Balaban J connectivity index is 2.92. The Morgan fingerprint density at radius 2 is 2.15 bits per heavy atom. The van der Waals surface area contributed by atoms with Gasteiger partial charge in [-0.05, 0) is 12.5 Å². The van der Waals surface area contributed by atoms with Gasteiger partial charge in [-0.25, -0.2) is 9.97 Å². The second-order valence-corrected chi connectivity index (χ2v) is 2.85. The molecule has 0 fully saturated rings. The molecule has 2 aromatic rings.